The van der Waals surface area contributed by atoms with E-state index in [1.165, 1.54) is 51.4 Å². The first kappa shape index (κ1) is 17.4. The Morgan fingerprint density at radius 2 is 1.33 bits per heavy atom. The van der Waals surface area contributed by atoms with E-state index in [1.807, 2.05) is 12.2 Å². The lowest BCUT2D eigenvalue weighted by molar-refractivity contribution is 0.492. The van der Waals surface area contributed by atoms with Crippen LogP contribution in [-0.2, 0) is 0 Å². The molecule has 0 saturated heterocycles. The summed E-state index contributed by atoms with van der Waals surface area (Å²) in [6.45, 7) is 11.0. The van der Waals surface area contributed by atoms with Crippen molar-refractivity contribution in [2.24, 2.45) is 0 Å². The number of hydrogen-bond acceptors (Lipinski definition) is 1. The normalized spacial score (nSPS) is 10.8. The van der Waals surface area contributed by atoms with Crippen molar-refractivity contribution in [3.8, 4) is 0 Å². The van der Waals surface area contributed by atoms with Gasteiger partial charge in [0.2, 0.25) is 0 Å². The maximum Gasteiger partial charge on any atom is 0.0136 e. The summed E-state index contributed by atoms with van der Waals surface area (Å²) >= 11 is 0. The van der Waals surface area contributed by atoms with Crippen LogP contribution in [0.5, 0.6) is 0 Å². The molecule has 0 rings (SSSR count). The van der Waals surface area contributed by atoms with Crippen molar-refractivity contribution in [3.05, 3.63) is 25.3 Å². The SMILES string of the molecule is C=CCC(CC=C)NCCCCCCCCCC. The van der Waals surface area contributed by atoms with E-state index in [2.05, 4.69) is 25.4 Å². The van der Waals surface area contributed by atoms with Crippen LogP contribution in [0.25, 0.3) is 0 Å². The summed E-state index contributed by atoms with van der Waals surface area (Å²) in [5, 5.41) is 3.59. The molecule has 0 aromatic carbocycles. The van der Waals surface area contributed by atoms with E-state index < -0.39 is 0 Å². The van der Waals surface area contributed by atoms with Gasteiger partial charge in [-0.3, -0.25) is 0 Å². The van der Waals surface area contributed by atoms with Crippen LogP contribution < -0.4 is 5.32 Å². The predicted molar refractivity (Wildman–Crippen MR) is 84.0 cm³/mol. The van der Waals surface area contributed by atoms with Crippen LogP contribution in [0.15, 0.2) is 25.3 Å². The minimum Gasteiger partial charge on any atom is -0.313 e. The molecule has 106 valence electrons. The zero-order chi connectivity index (χ0) is 13.5. The molecule has 1 N–H and O–H groups in total. The summed E-state index contributed by atoms with van der Waals surface area (Å²) in [5.41, 5.74) is 0. The van der Waals surface area contributed by atoms with E-state index in [9.17, 15) is 0 Å². The third kappa shape index (κ3) is 11.9. The van der Waals surface area contributed by atoms with Gasteiger partial charge in [-0.15, -0.1) is 13.2 Å². The average Bonchev–Trinajstić information content (AvgIpc) is 2.37. The van der Waals surface area contributed by atoms with Crippen LogP contribution in [0.1, 0.15) is 71.1 Å². The van der Waals surface area contributed by atoms with E-state index in [4.69, 9.17) is 0 Å². The summed E-state index contributed by atoms with van der Waals surface area (Å²) < 4.78 is 0. The van der Waals surface area contributed by atoms with Crippen LogP contribution in [-0.4, -0.2) is 12.6 Å². The largest absolute Gasteiger partial charge is 0.313 e. The van der Waals surface area contributed by atoms with E-state index in [-0.39, 0.29) is 0 Å². The van der Waals surface area contributed by atoms with Crippen LogP contribution in [0.2, 0.25) is 0 Å². The lowest BCUT2D eigenvalue weighted by atomic mass is 10.1. The van der Waals surface area contributed by atoms with Crippen molar-refractivity contribution in [1.82, 2.24) is 5.32 Å². The Morgan fingerprint density at radius 3 is 1.83 bits per heavy atom. The summed E-state index contributed by atoms with van der Waals surface area (Å²) in [6.07, 6.45) is 17.2. The van der Waals surface area contributed by atoms with Crippen molar-refractivity contribution in [3.63, 3.8) is 0 Å². The van der Waals surface area contributed by atoms with Gasteiger partial charge in [-0.2, -0.15) is 0 Å². The summed E-state index contributed by atoms with van der Waals surface area (Å²) in [7, 11) is 0. The second-order valence-corrected chi connectivity index (χ2v) is 5.17. The number of rotatable bonds is 14. The highest BCUT2D eigenvalue weighted by Gasteiger charge is 2.02. The molecule has 1 nitrogen and oxygen atoms in total. The maximum absolute atomic E-state index is 3.80. The molecule has 0 saturated carbocycles. The lowest BCUT2D eigenvalue weighted by Crippen LogP contribution is -2.28. The molecule has 0 aliphatic heterocycles. The standard InChI is InChI=1S/C17H33N/c1-4-7-8-9-10-11-12-13-16-18-17(14-5-2)15-6-3/h5-6,17-18H,2-4,7-16H2,1H3. The highest BCUT2D eigenvalue weighted by molar-refractivity contribution is 4.83. The third-order valence-electron chi connectivity index (χ3n) is 3.37. The van der Waals surface area contributed by atoms with Gasteiger partial charge in [-0.05, 0) is 25.8 Å². The fourth-order valence-electron chi connectivity index (χ4n) is 2.23. The Labute approximate surface area is 115 Å². The fourth-order valence-corrected chi connectivity index (χ4v) is 2.23. The lowest BCUT2D eigenvalue weighted by Gasteiger charge is -2.14. The van der Waals surface area contributed by atoms with Crippen molar-refractivity contribution in [1.29, 1.82) is 0 Å². The van der Waals surface area contributed by atoms with Crippen LogP contribution >= 0.6 is 0 Å². The van der Waals surface area contributed by atoms with Crippen molar-refractivity contribution in [2.75, 3.05) is 6.54 Å². The van der Waals surface area contributed by atoms with Gasteiger partial charge in [0.1, 0.15) is 0 Å². The zero-order valence-corrected chi connectivity index (χ0v) is 12.4. The van der Waals surface area contributed by atoms with Gasteiger partial charge in [0.15, 0.2) is 0 Å². The Morgan fingerprint density at radius 1 is 0.833 bits per heavy atom. The number of hydrogen-bond donors (Lipinski definition) is 1. The fraction of sp³-hybridized carbons (Fsp3) is 0.765. The Bertz CT molecular complexity index is 176. The predicted octanol–water partition coefficient (Wildman–Crippen LogP) is 5.24. The van der Waals surface area contributed by atoms with Crippen molar-refractivity contribution < 1.29 is 0 Å². The van der Waals surface area contributed by atoms with Gasteiger partial charge in [0, 0.05) is 6.04 Å². The molecule has 0 bridgehead atoms. The monoisotopic (exact) mass is 251 g/mol. The summed E-state index contributed by atoms with van der Waals surface area (Å²) in [5.74, 6) is 0. The van der Waals surface area contributed by atoms with Crippen molar-refractivity contribution in [2.45, 2.75) is 77.2 Å². The smallest absolute Gasteiger partial charge is 0.0136 e. The van der Waals surface area contributed by atoms with Gasteiger partial charge < -0.3 is 5.32 Å². The molecule has 0 fully saturated rings. The minimum absolute atomic E-state index is 0.546. The molecule has 0 heterocycles. The second kappa shape index (κ2) is 14.5. The van der Waals surface area contributed by atoms with E-state index in [0.717, 1.165) is 19.4 Å². The van der Waals surface area contributed by atoms with Gasteiger partial charge in [0.05, 0.1) is 0 Å². The highest BCUT2D eigenvalue weighted by atomic mass is 14.9. The Kier molecular flexibility index (Phi) is 14.0. The van der Waals surface area contributed by atoms with Gasteiger partial charge >= 0.3 is 0 Å². The molecule has 1 heteroatoms. The zero-order valence-electron chi connectivity index (χ0n) is 12.4. The minimum atomic E-state index is 0.546. The molecule has 0 aromatic rings. The quantitative estimate of drug-likeness (QED) is 0.329. The average molecular weight is 251 g/mol. The van der Waals surface area contributed by atoms with Crippen molar-refractivity contribution >= 4 is 0 Å². The van der Waals surface area contributed by atoms with Gasteiger partial charge in [0.25, 0.3) is 0 Å². The molecular weight excluding hydrogens is 218 g/mol. The van der Waals surface area contributed by atoms with Crippen LogP contribution in [0.4, 0.5) is 0 Å². The third-order valence-corrected chi connectivity index (χ3v) is 3.37. The molecule has 0 aliphatic carbocycles. The van der Waals surface area contributed by atoms with Crippen LogP contribution in [0.3, 0.4) is 0 Å². The summed E-state index contributed by atoms with van der Waals surface area (Å²) in [6, 6.07) is 0.546. The van der Waals surface area contributed by atoms with E-state index >= 15 is 0 Å². The van der Waals surface area contributed by atoms with E-state index in [1.54, 1.807) is 0 Å². The first-order valence-corrected chi connectivity index (χ1v) is 7.80. The summed E-state index contributed by atoms with van der Waals surface area (Å²) in [4.78, 5) is 0. The number of nitrogens with one attached hydrogen (secondary N) is 1. The first-order chi connectivity index (χ1) is 8.85. The topological polar surface area (TPSA) is 12.0 Å². The molecular formula is C17H33N. The van der Waals surface area contributed by atoms with Gasteiger partial charge in [-0.25, -0.2) is 0 Å². The van der Waals surface area contributed by atoms with Crippen LogP contribution in [0, 0.1) is 0 Å². The Hall–Kier alpha value is -0.560. The molecule has 0 atom stereocenters. The second-order valence-electron chi connectivity index (χ2n) is 5.17. The molecule has 0 aromatic heterocycles. The molecule has 0 radical (unpaired) electrons. The highest BCUT2D eigenvalue weighted by Crippen LogP contribution is 2.08. The van der Waals surface area contributed by atoms with E-state index in [0.29, 0.717) is 6.04 Å². The first-order valence-electron chi connectivity index (χ1n) is 7.80. The molecule has 0 aliphatic rings. The Balaban J connectivity index is 3.26. The maximum atomic E-state index is 3.80. The van der Waals surface area contributed by atoms with Gasteiger partial charge in [-0.1, -0.05) is 64.0 Å². The molecule has 18 heavy (non-hydrogen) atoms. The number of unbranched alkanes of at least 4 members (excludes halogenated alkanes) is 7. The molecule has 0 spiro atoms. The molecule has 0 unspecified atom stereocenters. The molecule has 0 amide bonds.